The van der Waals surface area contributed by atoms with Crippen LogP contribution in [0.4, 0.5) is 0 Å². The lowest BCUT2D eigenvalue weighted by molar-refractivity contribution is 0.306. The molecule has 0 spiro atoms. The van der Waals surface area contributed by atoms with Crippen molar-refractivity contribution >= 4 is 0 Å². The van der Waals surface area contributed by atoms with Crippen LogP contribution in [0.1, 0.15) is 99.0 Å². The fraction of sp³-hybridized carbons (Fsp3) is 0.632. The second-order valence-corrected chi connectivity index (χ2v) is 13.3. The van der Waals surface area contributed by atoms with Gasteiger partial charge in [0.05, 0.1) is 18.7 Å². The topological polar surface area (TPSA) is 57.3 Å². The first kappa shape index (κ1) is 38.2. The van der Waals surface area contributed by atoms with Gasteiger partial charge in [0, 0.05) is 35.9 Å². The number of ether oxygens (including phenoxy) is 1. The van der Waals surface area contributed by atoms with E-state index < -0.39 is 0 Å². The number of aryl methyl sites for hydroxylation is 1. The van der Waals surface area contributed by atoms with Gasteiger partial charge < -0.3 is 26.0 Å². The number of nitrogens with one attached hydrogen (secondary N) is 4. The summed E-state index contributed by atoms with van der Waals surface area (Å²) in [7, 11) is 0. The van der Waals surface area contributed by atoms with Crippen molar-refractivity contribution in [2.75, 3.05) is 19.7 Å². The van der Waals surface area contributed by atoms with Gasteiger partial charge in [-0.05, 0) is 74.8 Å². The Morgan fingerprint density at radius 2 is 1.12 bits per heavy atom. The van der Waals surface area contributed by atoms with Crippen molar-refractivity contribution in [3.63, 3.8) is 0 Å². The summed E-state index contributed by atoms with van der Waals surface area (Å²) in [5.41, 5.74) is 5.50. The molecule has 4 N–H and O–H groups in total. The molecule has 0 aliphatic carbocycles. The van der Waals surface area contributed by atoms with Crippen LogP contribution in [0.5, 0.6) is 5.75 Å². The van der Waals surface area contributed by atoms with Gasteiger partial charge in [-0.1, -0.05) is 105 Å². The maximum absolute atomic E-state index is 5.87. The highest BCUT2D eigenvalue weighted by atomic mass is 16.5. The third kappa shape index (κ3) is 16.0. The monoisotopic (exact) mass is 595 g/mol. The van der Waals surface area contributed by atoms with Crippen molar-refractivity contribution in [3.05, 3.63) is 78.9 Å². The third-order valence-corrected chi connectivity index (χ3v) is 8.32. The van der Waals surface area contributed by atoms with Gasteiger partial charge in [0.15, 0.2) is 0 Å². The normalized spacial score (nSPS) is 14.0. The lowest BCUT2D eigenvalue weighted by Crippen LogP contribution is -2.42. The minimum absolute atomic E-state index is 0.139. The molecule has 244 valence electrons. The first-order valence-corrected chi connectivity index (χ1v) is 16.8. The first-order chi connectivity index (χ1) is 20.3. The van der Waals surface area contributed by atoms with Gasteiger partial charge in [0.25, 0.3) is 0 Å². The number of benzene rings is 1. The molecule has 0 fully saturated rings. The summed E-state index contributed by atoms with van der Waals surface area (Å²) in [6.45, 7) is 37.7. The van der Waals surface area contributed by atoms with E-state index in [9.17, 15) is 0 Å². The molecule has 0 aromatic heterocycles. The quantitative estimate of drug-likeness (QED) is 0.0852. The molecule has 1 aromatic carbocycles. The fourth-order valence-electron chi connectivity index (χ4n) is 4.96. The van der Waals surface area contributed by atoms with Crippen molar-refractivity contribution in [1.29, 1.82) is 0 Å². The highest BCUT2D eigenvalue weighted by Gasteiger charge is 2.21. The van der Waals surface area contributed by atoms with Gasteiger partial charge >= 0.3 is 0 Å². The molecule has 0 radical (unpaired) electrons. The highest BCUT2D eigenvalue weighted by molar-refractivity contribution is 5.26. The second-order valence-electron chi connectivity index (χ2n) is 13.3. The summed E-state index contributed by atoms with van der Waals surface area (Å²) in [5.74, 6) is 2.71. The van der Waals surface area contributed by atoms with Gasteiger partial charge in [-0.25, -0.2) is 0 Å². The zero-order valence-electron chi connectivity index (χ0n) is 29.1. The summed E-state index contributed by atoms with van der Waals surface area (Å²) in [4.78, 5) is 0. The zero-order valence-corrected chi connectivity index (χ0v) is 29.1. The van der Waals surface area contributed by atoms with Gasteiger partial charge in [-0.15, -0.1) is 0 Å². The SMILES string of the molecule is C=C(CCCCC)NC(C(=C)NCC(C)C(C)CNC(=C)C(NC(=C)CCCCOc1ccc(C)cc1)C(C)C)C(C)C. The second kappa shape index (κ2) is 21.0. The predicted molar refractivity (Wildman–Crippen MR) is 189 cm³/mol. The van der Waals surface area contributed by atoms with Crippen LogP contribution in [0.25, 0.3) is 0 Å². The Hall–Kier alpha value is -2.82. The summed E-state index contributed by atoms with van der Waals surface area (Å²) >= 11 is 0. The molecule has 0 saturated heterocycles. The molecule has 0 aliphatic heterocycles. The lowest BCUT2D eigenvalue weighted by atomic mass is 9.94. The molecular formula is C38H66N4O. The average Bonchev–Trinajstić information content (AvgIpc) is 2.96. The Morgan fingerprint density at radius 1 is 0.674 bits per heavy atom. The predicted octanol–water partition coefficient (Wildman–Crippen LogP) is 8.86. The van der Waals surface area contributed by atoms with Gasteiger partial charge in [-0.3, -0.25) is 0 Å². The van der Waals surface area contributed by atoms with Crippen LogP contribution in [0.15, 0.2) is 73.4 Å². The average molecular weight is 595 g/mol. The number of hydrogen-bond donors (Lipinski definition) is 4. The minimum atomic E-state index is 0.139. The van der Waals surface area contributed by atoms with Crippen LogP contribution < -0.4 is 26.0 Å². The van der Waals surface area contributed by atoms with Gasteiger partial charge in [0.2, 0.25) is 0 Å². The van der Waals surface area contributed by atoms with Crippen molar-refractivity contribution < 1.29 is 4.74 Å². The number of unbranched alkanes of at least 4 members (excludes halogenated alkanes) is 3. The standard InChI is InChI=1S/C38H66N4O/c1-13-14-15-18-32(9)41-37(27(2)3)34(11)39-25-30(7)31(8)26-40-35(12)38(28(4)5)42-33(10)19-16-17-24-43-36-22-20-29(6)21-23-36/h20-23,27-28,30-31,37-42H,9-19,24-26H2,1-8H3. The van der Waals surface area contributed by atoms with E-state index in [1.165, 1.54) is 24.8 Å². The molecule has 0 saturated carbocycles. The Labute approximate surface area is 266 Å². The van der Waals surface area contributed by atoms with E-state index in [2.05, 4.69) is 115 Å². The molecule has 0 amide bonds. The summed E-state index contributed by atoms with van der Waals surface area (Å²) in [6.07, 6.45) is 7.64. The smallest absolute Gasteiger partial charge is 0.119 e. The number of hydrogen-bond acceptors (Lipinski definition) is 5. The molecule has 4 atom stereocenters. The van der Waals surface area contributed by atoms with E-state index >= 15 is 0 Å². The minimum Gasteiger partial charge on any atom is -0.494 e. The van der Waals surface area contributed by atoms with Crippen LogP contribution in [-0.2, 0) is 0 Å². The van der Waals surface area contributed by atoms with E-state index in [1.807, 2.05) is 12.1 Å². The van der Waals surface area contributed by atoms with Crippen LogP contribution in [-0.4, -0.2) is 31.8 Å². The van der Waals surface area contributed by atoms with Gasteiger partial charge in [-0.2, -0.15) is 0 Å². The molecule has 5 nitrogen and oxygen atoms in total. The van der Waals surface area contributed by atoms with Crippen molar-refractivity contribution in [2.45, 2.75) is 112 Å². The van der Waals surface area contributed by atoms with Crippen molar-refractivity contribution in [2.24, 2.45) is 23.7 Å². The zero-order chi connectivity index (χ0) is 32.4. The molecule has 43 heavy (non-hydrogen) atoms. The summed E-state index contributed by atoms with van der Waals surface area (Å²) in [6, 6.07) is 8.55. The fourth-order valence-corrected chi connectivity index (χ4v) is 4.96. The molecule has 5 heteroatoms. The highest BCUT2D eigenvalue weighted by Crippen LogP contribution is 2.18. The van der Waals surface area contributed by atoms with Crippen LogP contribution >= 0.6 is 0 Å². The third-order valence-electron chi connectivity index (χ3n) is 8.32. The molecule has 0 heterocycles. The number of allylic oxidation sites excluding steroid dienone is 2. The van der Waals surface area contributed by atoms with Crippen LogP contribution in [0, 0.1) is 30.6 Å². The molecular weight excluding hydrogens is 528 g/mol. The van der Waals surface area contributed by atoms with Crippen molar-refractivity contribution in [3.8, 4) is 5.75 Å². The number of rotatable bonds is 25. The van der Waals surface area contributed by atoms with E-state index in [0.717, 1.165) is 73.9 Å². The Bertz CT molecular complexity index is 965. The van der Waals surface area contributed by atoms with Gasteiger partial charge in [0.1, 0.15) is 5.75 Å². The molecule has 1 aromatic rings. The summed E-state index contributed by atoms with van der Waals surface area (Å²) < 4.78 is 5.87. The largest absolute Gasteiger partial charge is 0.494 e. The maximum atomic E-state index is 5.87. The van der Waals surface area contributed by atoms with E-state index in [1.54, 1.807) is 0 Å². The molecule has 0 aliphatic rings. The molecule has 1 rings (SSSR count). The van der Waals surface area contributed by atoms with E-state index in [4.69, 9.17) is 4.74 Å². The Morgan fingerprint density at radius 3 is 1.53 bits per heavy atom. The Kier molecular flexibility index (Phi) is 18.6. The lowest BCUT2D eigenvalue weighted by Gasteiger charge is -2.31. The maximum Gasteiger partial charge on any atom is 0.119 e. The molecule has 0 bridgehead atoms. The Balaban J connectivity index is 2.43. The van der Waals surface area contributed by atoms with Crippen LogP contribution in [0.2, 0.25) is 0 Å². The van der Waals surface area contributed by atoms with E-state index in [0.29, 0.717) is 23.7 Å². The first-order valence-electron chi connectivity index (χ1n) is 16.8. The summed E-state index contributed by atoms with van der Waals surface area (Å²) in [5, 5.41) is 14.5. The van der Waals surface area contributed by atoms with E-state index in [-0.39, 0.29) is 12.1 Å². The van der Waals surface area contributed by atoms with Crippen LogP contribution in [0.3, 0.4) is 0 Å². The van der Waals surface area contributed by atoms with Crippen molar-refractivity contribution in [1.82, 2.24) is 21.3 Å². The molecule has 4 unspecified atom stereocenters.